The maximum Gasteiger partial charge on any atom is 0.319 e. The first-order valence-electron chi connectivity index (χ1n) is 6.70. The van der Waals surface area contributed by atoms with Gasteiger partial charge in [-0.25, -0.2) is 9.18 Å². The molecule has 1 saturated heterocycles. The highest BCUT2D eigenvalue weighted by Crippen LogP contribution is 2.16. The lowest BCUT2D eigenvalue weighted by Gasteiger charge is -2.36. The van der Waals surface area contributed by atoms with Gasteiger partial charge in [0.25, 0.3) is 5.91 Å². The van der Waals surface area contributed by atoms with Crippen LogP contribution in [0.15, 0.2) is 18.2 Å². The van der Waals surface area contributed by atoms with E-state index in [1.165, 1.54) is 28.0 Å². The molecular weight excluding hydrogens is 275 g/mol. The molecule has 21 heavy (non-hydrogen) atoms. The number of rotatable bonds is 1. The molecule has 0 unspecified atom stereocenters. The molecule has 0 radical (unpaired) electrons. The van der Waals surface area contributed by atoms with Crippen molar-refractivity contribution < 1.29 is 14.0 Å². The molecule has 0 atom stereocenters. The summed E-state index contributed by atoms with van der Waals surface area (Å²) in [5, 5.41) is 0. The molecule has 1 aliphatic heterocycles. The minimum absolute atomic E-state index is 0.0256. The van der Waals surface area contributed by atoms with Crippen molar-refractivity contribution >= 4 is 17.6 Å². The van der Waals surface area contributed by atoms with E-state index in [1.54, 1.807) is 19.0 Å². The third kappa shape index (κ3) is 3.24. The van der Waals surface area contributed by atoms with Crippen LogP contribution in [0.4, 0.5) is 14.9 Å². The number of hydrogen-bond acceptors (Lipinski definition) is 3. The van der Waals surface area contributed by atoms with Gasteiger partial charge in [-0.2, -0.15) is 0 Å². The van der Waals surface area contributed by atoms with Crippen molar-refractivity contribution in [2.45, 2.75) is 0 Å². The number of nitrogens with zero attached hydrogens (tertiary/aromatic N) is 3. The summed E-state index contributed by atoms with van der Waals surface area (Å²) in [5.41, 5.74) is 5.92. The lowest BCUT2D eigenvalue weighted by Crippen LogP contribution is -2.53. The van der Waals surface area contributed by atoms with E-state index in [0.29, 0.717) is 31.9 Å². The molecule has 1 fully saturated rings. The highest BCUT2D eigenvalue weighted by Gasteiger charge is 2.26. The fourth-order valence-corrected chi connectivity index (χ4v) is 2.26. The Labute approximate surface area is 122 Å². The number of halogens is 1. The van der Waals surface area contributed by atoms with Crippen LogP contribution < -0.4 is 5.73 Å². The number of urea groups is 1. The van der Waals surface area contributed by atoms with E-state index in [2.05, 4.69) is 0 Å². The van der Waals surface area contributed by atoms with Gasteiger partial charge in [0.1, 0.15) is 5.82 Å². The lowest BCUT2D eigenvalue weighted by atomic mass is 10.1. The van der Waals surface area contributed by atoms with E-state index in [1.807, 2.05) is 0 Å². The SMILES string of the molecule is CN(C)C(=O)N1CCN(C(=O)c2cc(N)ccc2F)CC1. The number of nitrogen functional groups attached to an aromatic ring is 1. The smallest absolute Gasteiger partial charge is 0.319 e. The third-order valence-electron chi connectivity index (χ3n) is 3.44. The van der Waals surface area contributed by atoms with Gasteiger partial charge in [-0.3, -0.25) is 4.79 Å². The number of nitrogens with two attached hydrogens (primary N) is 1. The Morgan fingerprint density at radius 3 is 2.29 bits per heavy atom. The summed E-state index contributed by atoms with van der Waals surface area (Å²) in [5.74, 6) is -0.974. The maximum atomic E-state index is 13.7. The lowest BCUT2D eigenvalue weighted by molar-refractivity contribution is 0.0646. The molecule has 6 nitrogen and oxygen atoms in total. The molecular formula is C14H19FN4O2. The number of hydrogen-bond donors (Lipinski definition) is 1. The number of anilines is 1. The predicted octanol–water partition coefficient (Wildman–Crippen LogP) is 0.847. The highest BCUT2D eigenvalue weighted by molar-refractivity contribution is 5.95. The van der Waals surface area contributed by atoms with Crippen molar-refractivity contribution in [2.24, 2.45) is 0 Å². The van der Waals surface area contributed by atoms with Crippen molar-refractivity contribution in [3.05, 3.63) is 29.6 Å². The molecule has 1 heterocycles. The molecule has 3 amide bonds. The zero-order chi connectivity index (χ0) is 15.6. The van der Waals surface area contributed by atoms with Crippen LogP contribution in [0.2, 0.25) is 0 Å². The van der Waals surface area contributed by atoms with Gasteiger partial charge in [0.15, 0.2) is 0 Å². The van der Waals surface area contributed by atoms with Crippen molar-refractivity contribution in [2.75, 3.05) is 46.0 Å². The van der Waals surface area contributed by atoms with Gasteiger partial charge < -0.3 is 20.4 Å². The zero-order valence-corrected chi connectivity index (χ0v) is 12.2. The minimum Gasteiger partial charge on any atom is -0.399 e. The van der Waals surface area contributed by atoms with Crippen LogP contribution in [0.25, 0.3) is 0 Å². The first kappa shape index (κ1) is 15.1. The van der Waals surface area contributed by atoms with Gasteiger partial charge in [0.05, 0.1) is 5.56 Å². The van der Waals surface area contributed by atoms with Crippen LogP contribution in [0, 0.1) is 5.82 Å². The first-order valence-corrected chi connectivity index (χ1v) is 6.70. The zero-order valence-electron chi connectivity index (χ0n) is 12.2. The van der Waals surface area contributed by atoms with E-state index in [4.69, 9.17) is 5.73 Å². The van der Waals surface area contributed by atoms with Crippen molar-refractivity contribution in [1.29, 1.82) is 0 Å². The topological polar surface area (TPSA) is 69.9 Å². The van der Waals surface area contributed by atoms with Crippen molar-refractivity contribution in [1.82, 2.24) is 14.7 Å². The third-order valence-corrected chi connectivity index (χ3v) is 3.44. The number of carbonyl (C=O) groups is 2. The van der Waals surface area contributed by atoms with Gasteiger partial charge in [-0.15, -0.1) is 0 Å². The van der Waals surface area contributed by atoms with E-state index in [9.17, 15) is 14.0 Å². The summed E-state index contributed by atoms with van der Waals surface area (Å²) >= 11 is 0. The van der Waals surface area contributed by atoms with Crippen LogP contribution in [0.1, 0.15) is 10.4 Å². The summed E-state index contributed by atoms with van der Waals surface area (Å²) in [6.07, 6.45) is 0. The van der Waals surface area contributed by atoms with Crippen LogP contribution in [-0.4, -0.2) is 66.9 Å². The van der Waals surface area contributed by atoms with E-state index < -0.39 is 11.7 Å². The molecule has 0 saturated carbocycles. The van der Waals surface area contributed by atoms with Crippen LogP contribution in [-0.2, 0) is 0 Å². The molecule has 2 rings (SSSR count). The Bertz CT molecular complexity index is 554. The molecule has 2 N–H and O–H groups in total. The van der Waals surface area contributed by atoms with Gasteiger partial charge in [-0.1, -0.05) is 0 Å². The minimum atomic E-state index is -0.582. The second-order valence-electron chi connectivity index (χ2n) is 5.20. The van der Waals surface area contributed by atoms with Crippen LogP contribution >= 0.6 is 0 Å². The van der Waals surface area contributed by atoms with Gasteiger partial charge in [0, 0.05) is 46.0 Å². The average Bonchev–Trinajstić information content (AvgIpc) is 2.48. The van der Waals surface area contributed by atoms with Crippen LogP contribution in [0.5, 0.6) is 0 Å². The Morgan fingerprint density at radius 1 is 1.14 bits per heavy atom. The second kappa shape index (κ2) is 5.99. The Hall–Kier alpha value is -2.31. The normalized spacial score (nSPS) is 15.0. The van der Waals surface area contributed by atoms with Gasteiger partial charge in [-0.05, 0) is 18.2 Å². The molecule has 1 aromatic rings. The number of piperazine rings is 1. The quantitative estimate of drug-likeness (QED) is 0.781. The van der Waals surface area contributed by atoms with E-state index >= 15 is 0 Å². The van der Waals surface area contributed by atoms with Crippen molar-refractivity contribution in [3.63, 3.8) is 0 Å². The Balaban J connectivity index is 2.03. The monoisotopic (exact) mass is 294 g/mol. The summed E-state index contributed by atoms with van der Waals surface area (Å²) < 4.78 is 13.7. The first-order chi connectivity index (χ1) is 9.90. The predicted molar refractivity (Wildman–Crippen MR) is 77.4 cm³/mol. The summed E-state index contributed by atoms with van der Waals surface area (Å²) in [6, 6.07) is 3.86. The molecule has 0 aromatic heterocycles. The Morgan fingerprint density at radius 2 is 1.71 bits per heavy atom. The molecule has 7 heteroatoms. The molecule has 114 valence electrons. The fraction of sp³-hybridized carbons (Fsp3) is 0.429. The summed E-state index contributed by atoms with van der Waals surface area (Å²) in [7, 11) is 3.37. The summed E-state index contributed by atoms with van der Waals surface area (Å²) in [4.78, 5) is 28.8. The number of carbonyl (C=O) groups excluding carboxylic acids is 2. The Kier molecular flexibility index (Phi) is 4.30. The highest BCUT2D eigenvalue weighted by atomic mass is 19.1. The number of benzene rings is 1. The molecule has 0 aliphatic carbocycles. The molecule has 1 aromatic carbocycles. The van der Waals surface area contributed by atoms with E-state index in [0.717, 1.165) is 0 Å². The second-order valence-corrected chi connectivity index (χ2v) is 5.20. The fourth-order valence-electron chi connectivity index (χ4n) is 2.26. The molecule has 0 spiro atoms. The van der Waals surface area contributed by atoms with E-state index in [-0.39, 0.29) is 11.6 Å². The summed E-state index contributed by atoms with van der Waals surface area (Å²) in [6.45, 7) is 1.64. The van der Waals surface area contributed by atoms with Gasteiger partial charge >= 0.3 is 6.03 Å². The molecule has 0 bridgehead atoms. The number of amides is 3. The average molecular weight is 294 g/mol. The molecule has 1 aliphatic rings. The van der Waals surface area contributed by atoms with Crippen LogP contribution in [0.3, 0.4) is 0 Å². The maximum absolute atomic E-state index is 13.7. The largest absolute Gasteiger partial charge is 0.399 e. The van der Waals surface area contributed by atoms with Crippen molar-refractivity contribution in [3.8, 4) is 0 Å². The standard InChI is InChI=1S/C14H19FN4O2/c1-17(2)14(21)19-7-5-18(6-8-19)13(20)11-9-10(16)3-4-12(11)15/h3-4,9H,5-8,16H2,1-2H3. The van der Waals surface area contributed by atoms with Gasteiger partial charge in [0.2, 0.25) is 0 Å².